The summed E-state index contributed by atoms with van der Waals surface area (Å²) in [5, 5.41) is 8.93. The first-order valence-electron chi connectivity index (χ1n) is 5.69. The molecule has 18 heavy (non-hydrogen) atoms. The zero-order chi connectivity index (χ0) is 12.5. The molecule has 0 spiro atoms. The average Bonchev–Trinajstić information content (AvgIpc) is 2.82. The van der Waals surface area contributed by atoms with E-state index in [0.29, 0.717) is 5.02 Å². The van der Waals surface area contributed by atoms with Crippen molar-refractivity contribution in [3.63, 3.8) is 0 Å². The first kappa shape index (κ1) is 11.4. The highest BCUT2D eigenvalue weighted by Gasteiger charge is 2.19. The van der Waals surface area contributed by atoms with Crippen molar-refractivity contribution >= 4 is 17.8 Å². The van der Waals surface area contributed by atoms with Gasteiger partial charge in [0.25, 0.3) is 0 Å². The van der Waals surface area contributed by atoms with Gasteiger partial charge in [-0.25, -0.2) is 0 Å². The zero-order valence-electron chi connectivity index (χ0n) is 9.62. The van der Waals surface area contributed by atoms with Crippen LogP contribution in [0, 0.1) is 0 Å². The van der Waals surface area contributed by atoms with Crippen LogP contribution in [0.2, 0.25) is 5.02 Å². The van der Waals surface area contributed by atoms with E-state index >= 15 is 0 Å². The summed E-state index contributed by atoms with van der Waals surface area (Å²) in [6.07, 6.45) is 1.73. The van der Waals surface area contributed by atoms with E-state index in [0.717, 1.165) is 30.3 Å². The van der Waals surface area contributed by atoms with Gasteiger partial charge in [-0.2, -0.15) is 0 Å². The van der Waals surface area contributed by atoms with E-state index < -0.39 is 0 Å². The molecule has 1 aromatic heterocycles. The molecule has 1 aliphatic heterocycles. The van der Waals surface area contributed by atoms with Crippen LogP contribution in [0.15, 0.2) is 29.3 Å². The summed E-state index contributed by atoms with van der Waals surface area (Å²) < 4.78 is 2.01. The molecule has 2 N–H and O–H groups in total. The first-order chi connectivity index (χ1) is 8.75. The quantitative estimate of drug-likeness (QED) is 0.889. The summed E-state index contributed by atoms with van der Waals surface area (Å²) in [7, 11) is 0. The molecule has 0 amide bonds. The van der Waals surface area contributed by atoms with Crippen LogP contribution in [0.3, 0.4) is 0 Å². The molecule has 5 nitrogen and oxygen atoms in total. The maximum absolute atomic E-state index is 6.22. The van der Waals surface area contributed by atoms with Crippen molar-refractivity contribution in [1.29, 1.82) is 0 Å². The van der Waals surface area contributed by atoms with Crippen molar-refractivity contribution < 1.29 is 0 Å². The van der Waals surface area contributed by atoms with Gasteiger partial charge in [0, 0.05) is 11.6 Å². The number of aromatic nitrogens is 3. The van der Waals surface area contributed by atoms with Crippen LogP contribution in [-0.4, -0.2) is 27.5 Å². The Morgan fingerprint density at radius 3 is 2.78 bits per heavy atom. The zero-order valence-corrected chi connectivity index (χ0v) is 10.4. The van der Waals surface area contributed by atoms with Crippen molar-refractivity contribution in [3.05, 3.63) is 46.5 Å². The van der Waals surface area contributed by atoms with Crippen LogP contribution in [0.4, 0.5) is 0 Å². The van der Waals surface area contributed by atoms with E-state index in [4.69, 9.17) is 17.3 Å². The summed E-state index contributed by atoms with van der Waals surface area (Å²) in [6.45, 7) is 1.51. The van der Waals surface area contributed by atoms with E-state index in [2.05, 4.69) is 15.2 Å². The van der Waals surface area contributed by atoms with Crippen molar-refractivity contribution in [3.8, 4) is 0 Å². The van der Waals surface area contributed by atoms with Gasteiger partial charge in [-0.3, -0.25) is 4.99 Å². The number of halogens is 1. The van der Waals surface area contributed by atoms with Gasteiger partial charge in [0.2, 0.25) is 0 Å². The highest BCUT2D eigenvalue weighted by atomic mass is 35.5. The Balaban J connectivity index is 1.97. The number of nitrogens with two attached hydrogens (primary N) is 1. The van der Waals surface area contributed by atoms with Gasteiger partial charge in [0.15, 0.2) is 11.6 Å². The lowest BCUT2D eigenvalue weighted by Gasteiger charge is -2.15. The van der Waals surface area contributed by atoms with Gasteiger partial charge in [-0.05, 0) is 17.7 Å². The Morgan fingerprint density at radius 1 is 1.22 bits per heavy atom. The van der Waals surface area contributed by atoms with Crippen molar-refractivity contribution in [2.75, 3.05) is 6.54 Å². The fraction of sp³-hybridized carbons (Fsp3) is 0.250. The van der Waals surface area contributed by atoms with Gasteiger partial charge in [0.1, 0.15) is 0 Å². The molecule has 0 saturated carbocycles. The molecule has 2 aromatic rings. The molecule has 1 aromatic carbocycles. The fourth-order valence-corrected chi connectivity index (χ4v) is 2.13. The monoisotopic (exact) mass is 261 g/mol. The van der Waals surface area contributed by atoms with Gasteiger partial charge in [-0.15, -0.1) is 10.2 Å². The number of rotatable bonds is 2. The summed E-state index contributed by atoms with van der Waals surface area (Å²) in [6, 6.07) is 7.17. The maximum Gasteiger partial charge on any atom is 0.174 e. The number of nitrogens with zero attached hydrogens (tertiary/aromatic N) is 4. The lowest BCUT2D eigenvalue weighted by molar-refractivity contribution is 0.620. The lowest BCUT2D eigenvalue weighted by Crippen LogP contribution is -2.21. The Morgan fingerprint density at radius 2 is 2.00 bits per heavy atom. The number of hydrogen-bond donors (Lipinski definition) is 1. The van der Waals surface area contributed by atoms with Crippen LogP contribution in [0.25, 0.3) is 0 Å². The smallest absolute Gasteiger partial charge is 0.174 e. The third-order valence-corrected chi connectivity index (χ3v) is 3.23. The standard InChI is InChI=1S/C12H12ClN5/c13-9-3-1-8(2-4-9)11(14)12-17-16-10-7-15-5-6-18(10)12/h1-4,7,11H,5-6,14H2. The molecular weight excluding hydrogens is 250 g/mol. The molecule has 0 saturated heterocycles. The molecule has 2 heterocycles. The van der Waals surface area contributed by atoms with Gasteiger partial charge in [-0.1, -0.05) is 23.7 Å². The predicted octanol–water partition coefficient (Wildman–Crippen LogP) is 1.41. The van der Waals surface area contributed by atoms with E-state index in [9.17, 15) is 0 Å². The highest BCUT2D eigenvalue weighted by Crippen LogP contribution is 2.21. The number of hydrogen-bond acceptors (Lipinski definition) is 4. The normalized spacial score (nSPS) is 15.4. The SMILES string of the molecule is NC(c1ccc(Cl)cc1)c1nnc2n1CCN=C2. The van der Waals surface area contributed by atoms with Crippen molar-refractivity contribution in [2.24, 2.45) is 10.7 Å². The molecule has 92 valence electrons. The van der Waals surface area contributed by atoms with Gasteiger partial charge in [0.05, 0.1) is 18.8 Å². The Hall–Kier alpha value is -1.72. The number of fused-ring (bicyclic) bond motifs is 1. The van der Waals surface area contributed by atoms with Gasteiger partial charge < -0.3 is 10.3 Å². The minimum Gasteiger partial charge on any atom is -0.318 e. The molecule has 6 heteroatoms. The second kappa shape index (κ2) is 4.51. The van der Waals surface area contributed by atoms with Crippen LogP contribution >= 0.6 is 11.6 Å². The Bertz CT molecular complexity index is 587. The second-order valence-electron chi connectivity index (χ2n) is 4.13. The number of benzene rings is 1. The Labute approximate surface area is 109 Å². The molecule has 1 aliphatic rings. The summed E-state index contributed by atoms with van der Waals surface area (Å²) >= 11 is 5.87. The fourth-order valence-electron chi connectivity index (χ4n) is 2.01. The van der Waals surface area contributed by atoms with Crippen LogP contribution in [0.5, 0.6) is 0 Å². The lowest BCUT2D eigenvalue weighted by atomic mass is 10.1. The van der Waals surface area contributed by atoms with E-state index in [1.54, 1.807) is 6.21 Å². The third-order valence-electron chi connectivity index (χ3n) is 2.97. The molecular formula is C12H12ClN5. The Kier molecular flexibility index (Phi) is 2.85. The van der Waals surface area contributed by atoms with E-state index in [1.165, 1.54) is 0 Å². The molecule has 1 atom stereocenters. The highest BCUT2D eigenvalue weighted by molar-refractivity contribution is 6.30. The van der Waals surface area contributed by atoms with Crippen molar-refractivity contribution in [1.82, 2.24) is 14.8 Å². The van der Waals surface area contributed by atoms with Crippen LogP contribution in [0.1, 0.15) is 23.3 Å². The molecule has 0 radical (unpaired) electrons. The number of aliphatic imine (C=N–C) groups is 1. The van der Waals surface area contributed by atoms with E-state index in [1.807, 2.05) is 28.8 Å². The van der Waals surface area contributed by atoms with E-state index in [-0.39, 0.29) is 6.04 Å². The summed E-state index contributed by atoms with van der Waals surface area (Å²) in [5.41, 5.74) is 7.19. The topological polar surface area (TPSA) is 69.1 Å². The van der Waals surface area contributed by atoms with Gasteiger partial charge >= 0.3 is 0 Å². The summed E-state index contributed by atoms with van der Waals surface area (Å²) in [5.74, 6) is 1.53. The van der Waals surface area contributed by atoms with Crippen LogP contribution in [-0.2, 0) is 6.54 Å². The molecule has 0 bridgehead atoms. The first-order valence-corrected chi connectivity index (χ1v) is 6.07. The second-order valence-corrected chi connectivity index (χ2v) is 4.57. The molecule has 0 aliphatic carbocycles. The minimum atomic E-state index is -0.296. The van der Waals surface area contributed by atoms with Crippen LogP contribution < -0.4 is 5.73 Å². The largest absolute Gasteiger partial charge is 0.318 e. The van der Waals surface area contributed by atoms with Crippen molar-refractivity contribution in [2.45, 2.75) is 12.6 Å². The third kappa shape index (κ3) is 1.91. The summed E-state index contributed by atoms with van der Waals surface area (Å²) in [4.78, 5) is 4.17. The molecule has 3 rings (SSSR count). The molecule has 0 fully saturated rings. The molecule has 1 unspecified atom stereocenters. The minimum absolute atomic E-state index is 0.296. The average molecular weight is 262 g/mol. The predicted molar refractivity (Wildman–Crippen MR) is 70.0 cm³/mol. The maximum atomic E-state index is 6.22.